The van der Waals surface area contributed by atoms with Gasteiger partial charge in [-0.15, -0.1) is 5.10 Å². The number of carbonyl (C=O) groups excluding carboxylic acids is 1. The molecule has 33 heavy (non-hydrogen) atoms. The first kappa shape index (κ1) is 20.7. The van der Waals surface area contributed by atoms with E-state index in [1.165, 1.54) is 7.11 Å². The van der Waals surface area contributed by atoms with Crippen LogP contribution < -0.4 is 0 Å². The van der Waals surface area contributed by atoms with E-state index >= 15 is 0 Å². The molecule has 0 amide bonds. The van der Waals surface area contributed by atoms with Crippen LogP contribution in [0.15, 0.2) is 91.1 Å². The van der Waals surface area contributed by atoms with E-state index in [9.17, 15) is 9.28 Å². The highest BCUT2D eigenvalue weighted by atomic mass is 19.2. The summed E-state index contributed by atoms with van der Waals surface area (Å²) in [6, 6.07) is 27.7. The molecule has 0 aliphatic carbocycles. The number of para-hydroxylation sites is 1. The lowest BCUT2D eigenvalue weighted by Crippen LogP contribution is -2.09. The van der Waals surface area contributed by atoms with Gasteiger partial charge in [0.1, 0.15) is 5.69 Å². The molecule has 0 atom stereocenters. The number of hydrogen-bond donors (Lipinski definition) is 0. The van der Waals surface area contributed by atoms with Gasteiger partial charge in [0.2, 0.25) is 0 Å². The van der Waals surface area contributed by atoms with Crippen molar-refractivity contribution in [2.24, 2.45) is 0 Å². The monoisotopic (exact) mass is 439 g/mol. The summed E-state index contributed by atoms with van der Waals surface area (Å²) < 4.78 is 21.9. The van der Waals surface area contributed by atoms with E-state index in [1.807, 2.05) is 79.0 Å². The molecule has 164 valence electrons. The zero-order valence-electron chi connectivity index (χ0n) is 18.1. The molecular weight excluding hydrogens is 417 g/mol. The van der Waals surface area contributed by atoms with Crippen molar-refractivity contribution in [1.82, 2.24) is 14.6 Å². The highest BCUT2D eigenvalue weighted by molar-refractivity contribution is 5.98. The number of hydrogen-bond acceptors (Lipinski definition) is 3. The van der Waals surface area contributed by atoms with Crippen LogP contribution in [0, 0.1) is 0 Å². The van der Waals surface area contributed by atoms with Crippen molar-refractivity contribution >= 4 is 16.9 Å². The first-order chi connectivity index (χ1) is 16.2. The van der Waals surface area contributed by atoms with Gasteiger partial charge in [-0.1, -0.05) is 88.2 Å². The summed E-state index contributed by atoms with van der Waals surface area (Å²) in [4.78, 5) is 12.6. The van der Waals surface area contributed by atoms with E-state index in [-0.39, 0.29) is 10.6 Å². The number of esters is 1. The lowest BCUT2D eigenvalue weighted by molar-refractivity contribution is 0.0569. The quantitative estimate of drug-likeness (QED) is 0.321. The largest absolute Gasteiger partial charge is 0.464 e. The summed E-state index contributed by atoms with van der Waals surface area (Å²) in [5, 5.41) is 5.09. The predicted molar refractivity (Wildman–Crippen MR) is 126 cm³/mol. The topological polar surface area (TPSA) is 49.1 Å². The van der Waals surface area contributed by atoms with Crippen LogP contribution in [0.2, 0.25) is 0 Å². The predicted octanol–water partition coefficient (Wildman–Crippen LogP) is 5.66. The molecule has 2 heterocycles. The average molecular weight is 439 g/mol. The second kappa shape index (κ2) is 8.74. The van der Waals surface area contributed by atoms with Crippen LogP contribution in [-0.2, 0) is 17.7 Å². The minimum absolute atomic E-state index is 0.142. The fraction of sp³-hybridized carbons (Fsp3) is 0.111. The summed E-state index contributed by atoms with van der Waals surface area (Å²) in [7, 11) is 1.24. The maximum absolute atomic E-state index is 14.9. The summed E-state index contributed by atoms with van der Waals surface area (Å²) in [5.74, 6) is -0.754. The van der Waals surface area contributed by atoms with Crippen molar-refractivity contribution in [2.45, 2.75) is 13.0 Å². The van der Waals surface area contributed by atoms with Crippen molar-refractivity contribution in [3.05, 3.63) is 114 Å². The Morgan fingerprint density at radius 3 is 2.24 bits per heavy atom. The first-order valence-corrected chi connectivity index (χ1v) is 10.7. The second-order valence-corrected chi connectivity index (χ2v) is 7.86. The molecule has 0 bridgehead atoms. The molecule has 5 nitrogen and oxygen atoms in total. The minimum Gasteiger partial charge on any atom is -0.464 e. The number of fused-ring (bicyclic) bond motifs is 1. The molecule has 5 rings (SSSR count). The third kappa shape index (κ3) is 3.91. The maximum atomic E-state index is 14.9. The number of nitrogens with zero attached hydrogens (tertiary/aromatic N) is 3. The van der Waals surface area contributed by atoms with Crippen LogP contribution in [0.5, 0.6) is 0 Å². The SMILES string of the molecule is COC(=O)c1c(Cc2ccccc2)c(-c2cn(Cc3ccccc3)c3ccccc23)nn1F. The van der Waals surface area contributed by atoms with Gasteiger partial charge < -0.3 is 9.30 Å². The Morgan fingerprint density at radius 2 is 1.55 bits per heavy atom. The Morgan fingerprint density at radius 1 is 0.909 bits per heavy atom. The average Bonchev–Trinajstić information content (AvgIpc) is 3.37. The van der Waals surface area contributed by atoms with Gasteiger partial charge in [0.15, 0.2) is 5.69 Å². The van der Waals surface area contributed by atoms with Crippen LogP contribution in [0.3, 0.4) is 0 Å². The molecule has 3 aromatic carbocycles. The Bertz CT molecular complexity index is 1420. The highest BCUT2D eigenvalue weighted by Crippen LogP contribution is 2.35. The second-order valence-electron chi connectivity index (χ2n) is 7.86. The number of methoxy groups -OCH3 is 1. The molecule has 0 saturated carbocycles. The molecular formula is C27H22FN3O2. The zero-order valence-corrected chi connectivity index (χ0v) is 18.1. The van der Waals surface area contributed by atoms with E-state index in [0.29, 0.717) is 24.2 Å². The number of halogens is 1. The number of aromatic nitrogens is 3. The van der Waals surface area contributed by atoms with Gasteiger partial charge >= 0.3 is 5.97 Å². The first-order valence-electron chi connectivity index (χ1n) is 10.7. The third-order valence-corrected chi connectivity index (χ3v) is 5.79. The van der Waals surface area contributed by atoms with Gasteiger partial charge in [0.05, 0.1) is 7.11 Å². The molecule has 0 unspecified atom stereocenters. The number of benzene rings is 3. The number of ether oxygens (including phenoxy) is 1. The molecule has 0 spiro atoms. The van der Waals surface area contributed by atoms with E-state index in [1.54, 1.807) is 0 Å². The van der Waals surface area contributed by atoms with Crippen LogP contribution >= 0.6 is 0 Å². The van der Waals surface area contributed by atoms with E-state index in [2.05, 4.69) is 21.8 Å². The lowest BCUT2D eigenvalue weighted by atomic mass is 9.98. The van der Waals surface area contributed by atoms with Crippen molar-refractivity contribution < 1.29 is 14.0 Å². The minimum atomic E-state index is -0.754. The number of carbonyl (C=O) groups is 1. The Kier molecular flexibility index (Phi) is 5.48. The van der Waals surface area contributed by atoms with Gasteiger partial charge in [-0.25, -0.2) is 4.79 Å². The van der Waals surface area contributed by atoms with Crippen molar-refractivity contribution in [1.29, 1.82) is 0 Å². The molecule has 0 aliphatic heterocycles. The molecule has 2 aromatic heterocycles. The number of rotatable bonds is 6. The van der Waals surface area contributed by atoms with Gasteiger partial charge in [-0.2, -0.15) is 0 Å². The van der Waals surface area contributed by atoms with E-state index in [4.69, 9.17) is 4.74 Å². The fourth-order valence-corrected chi connectivity index (χ4v) is 4.25. The summed E-state index contributed by atoms with van der Waals surface area (Å²) in [5.41, 5.74) is 4.63. The van der Waals surface area contributed by atoms with Crippen LogP contribution in [0.25, 0.3) is 22.2 Å². The smallest absolute Gasteiger partial charge is 0.359 e. The third-order valence-electron chi connectivity index (χ3n) is 5.79. The molecule has 0 fully saturated rings. The maximum Gasteiger partial charge on any atom is 0.359 e. The molecule has 0 aliphatic rings. The molecule has 5 aromatic rings. The standard InChI is InChI=1S/C27H22FN3O2/c1-33-27(32)26-22(16-19-10-4-2-5-11-19)25(29-31(26)28)23-18-30(17-20-12-6-3-7-13-20)24-15-9-8-14-21(23)24/h2-15,18H,16-17H2,1H3. The van der Waals surface area contributed by atoms with Gasteiger partial charge in [-0.05, 0) is 17.2 Å². The van der Waals surface area contributed by atoms with Gasteiger partial charge in [0.25, 0.3) is 0 Å². The summed E-state index contributed by atoms with van der Waals surface area (Å²) in [6.45, 7) is 0.662. The van der Waals surface area contributed by atoms with Crippen LogP contribution in [-0.4, -0.2) is 27.6 Å². The molecule has 6 heteroatoms. The van der Waals surface area contributed by atoms with Crippen molar-refractivity contribution in [2.75, 3.05) is 7.11 Å². The Labute approximate surface area is 190 Å². The summed E-state index contributed by atoms with van der Waals surface area (Å²) in [6.07, 6.45) is 2.33. The Hall–Kier alpha value is -4.19. The van der Waals surface area contributed by atoms with E-state index in [0.717, 1.165) is 27.6 Å². The molecule has 0 radical (unpaired) electrons. The van der Waals surface area contributed by atoms with Crippen LogP contribution in [0.1, 0.15) is 27.2 Å². The van der Waals surface area contributed by atoms with Crippen LogP contribution in [0.4, 0.5) is 4.48 Å². The van der Waals surface area contributed by atoms with E-state index < -0.39 is 5.97 Å². The van der Waals surface area contributed by atoms with Gasteiger partial charge in [0, 0.05) is 41.2 Å². The van der Waals surface area contributed by atoms with Crippen molar-refractivity contribution in [3.63, 3.8) is 0 Å². The van der Waals surface area contributed by atoms with Crippen molar-refractivity contribution in [3.8, 4) is 11.3 Å². The molecule has 0 N–H and O–H groups in total. The Balaban J connectivity index is 1.69. The molecule has 0 saturated heterocycles. The zero-order chi connectivity index (χ0) is 22.8. The lowest BCUT2D eigenvalue weighted by Gasteiger charge is -2.05. The summed E-state index contributed by atoms with van der Waals surface area (Å²) >= 11 is 0. The highest BCUT2D eigenvalue weighted by Gasteiger charge is 2.27. The van der Waals surface area contributed by atoms with Gasteiger partial charge in [-0.3, -0.25) is 0 Å². The fourth-order valence-electron chi connectivity index (χ4n) is 4.25. The normalized spacial score (nSPS) is 11.1.